The number of carboxylic acid groups (broad SMARTS) is 1. The first-order valence-corrected chi connectivity index (χ1v) is 7.96. The predicted octanol–water partition coefficient (Wildman–Crippen LogP) is -3.89. The number of carbonyl (C=O) groups excluding carboxylic acids is 1. The van der Waals surface area contributed by atoms with Crippen LogP contribution in [0.5, 0.6) is 0 Å². The summed E-state index contributed by atoms with van der Waals surface area (Å²) in [6, 6.07) is 0.827. The van der Waals surface area contributed by atoms with Gasteiger partial charge in [0.25, 0.3) is 0 Å². The van der Waals surface area contributed by atoms with Crippen LogP contribution in [0.25, 0.3) is 0 Å². The van der Waals surface area contributed by atoms with Crippen LogP contribution in [0.15, 0.2) is 0 Å². The van der Waals surface area contributed by atoms with Crippen LogP contribution in [0.3, 0.4) is 0 Å². The van der Waals surface area contributed by atoms with Gasteiger partial charge in [0, 0.05) is 40.5 Å². The molecule has 22 heavy (non-hydrogen) atoms. The molecule has 0 bridgehead atoms. The fourth-order valence-electron chi connectivity index (χ4n) is 1.21. The molecule has 0 unspecified atom stereocenters. The Morgan fingerprint density at radius 2 is 1.59 bits per heavy atom. The summed E-state index contributed by atoms with van der Waals surface area (Å²) in [7, 11) is 2.55. The Labute approximate surface area is 151 Å². The van der Waals surface area contributed by atoms with Crippen LogP contribution < -0.4 is 45.7 Å². The number of halogens is 3. The maximum atomic E-state index is 10.5. The molecule has 0 aliphatic carbocycles. The average Bonchev–Trinajstić information content (AvgIpc) is 2.43. The van der Waals surface area contributed by atoms with Gasteiger partial charge in [-0.3, -0.25) is 0 Å². The zero-order valence-corrected chi connectivity index (χ0v) is 16.3. The van der Waals surface area contributed by atoms with Crippen molar-refractivity contribution in [2.24, 2.45) is 5.73 Å². The van der Waals surface area contributed by atoms with Crippen molar-refractivity contribution >= 4 is 14.8 Å². The molecule has 128 valence electrons. The van der Waals surface area contributed by atoms with E-state index in [1.807, 2.05) is 0 Å². The molecule has 0 aromatic heterocycles. The first kappa shape index (κ1) is 27.1. The largest absolute Gasteiger partial charge is 1.00 e. The van der Waals surface area contributed by atoms with Gasteiger partial charge in [0.1, 0.15) is 5.97 Å². The molecule has 12 heteroatoms. The van der Waals surface area contributed by atoms with Gasteiger partial charge in [-0.2, -0.15) is 13.2 Å². The Morgan fingerprint density at radius 1 is 1.18 bits per heavy atom. The van der Waals surface area contributed by atoms with E-state index in [2.05, 4.69) is 5.32 Å². The number of hydrogen-bond donors (Lipinski definition) is 2. The summed E-state index contributed by atoms with van der Waals surface area (Å²) in [4.78, 5) is 8.78. The first-order chi connectivity index (χ1) is 9.69. The van der Waals surface area contributed by atoms with Crippen molar-refractivity contribution in [1.29, 1.82) is 0 Å². The Bertz CT molecular complexity index is 276. The van der Waals surface area contributed by atoms with E-state index in [9.17, 15) is 13.2 Å². The third-order valence-electron chi connectivity index (χ3n) is 2.32. The van der Waals surface area contributed by atoms with Crippen LogP contribution in [-0.2, 0) is 18.1 Å². The molecule has 0 atom stereocenters. The van der Waals surface area contributed by atoms with Crippen molar-refractivity contribution in [3.8, 4) is 0 Å². The van der Waals surface area contributed by atoms with Gasteiger partial charge in [0.05, 0.1) is 0 Å². The van der Waals surface area contributed by atoms with Gasteiger partial charge in [-0.05, 0) is 13.0 Å². The minimum atomic E-state index is -5.19. The molecule has 0 saturated carbocycles. The second-order valence-electron chi connectivity index (χ2n) is 3.72. The first-order valence-electron chi connectivity index (χ1n) is 6.03. The van der Waals surface area contributed by atoms with E-state index in [0.29, 0.717) is 6.54 Å². The number of nitrogens with one attached hydrogen (secondary N) is 1. The van der Waals surface area contributed by atoms with Crippen molar-refractivity contribution < 1.29 is 65.9 Å². The fraction of sp³-hybridized carbons (Fsp3) is 0.900. The van der Waals surface area contributed by atoms with Gasteiger partial charge >= 0.3 is 44.5 Å². The molecule has 0 aliphatic heterocycles. The van der Waals surface area contributed by atoms with Crippen LogP contribution in [0.4, 0.5) is 13.2 Å². The number of nitrogens with two attached hydrogens (primary N) is 1. The molecule has 0 saturated heterocycles. The predicted molar refractivity (Wildman–Crippen MR) is 69.2 cm³/mol. The third-order valence-corrected chi connectivity index (χ3v) is 5.15. The molecule has 0 fully saturated rings. The smallest absolute Gasteiger partial charge is 0.542 e. The van der Waals surface area contributed by atoms with Crippen LogP contribution in [-0.4, -0.2) is 61.9 Å². The molecular formula is C10H22F3N2NaO5Si. The molecule has 3 N–H and O–H groups in total. The van der Waals surface area contributed by atoms with Crippen LogP contribution in [0.2, 0.25) is 6.04 Å². The van der Waals surface area contributed by atoms with E-state index < -0.39 is 21.0 Å². The van der Waals surface area contributed by atoms with Crippen molar-refractivity contribution in [3.05, 3.63) is 0 Å². The molecule has 0 aromatic carbocycles. The molecule has 0 spiro atoms. The van der Waals surface area contributed by atoms with Gasteiger partial charge in [-0.25, -0.2) is 0 Å². The van der Waals surface area contributed by atoms with E-state index in [1.165, 1.54) is 0 Å². The maximum Gasteiger partial charge on any atom is 1.00 e. The Hall–Kier alpha value is 0.277. The Kier molecular flexibility index (Phi) is 18.3. The standard InChI is InChI=1S/C8H22N2O3Si.C2HF3O2.Na/c1-11-14(12-2,13-3)8-4-6-10-7-5-9;3-2(4,5)1(6)7;/h10H,4-9H2,1-3H3;(H,6,7);/q;;+1/p-1. The number of hydrogen-bond acceptors (Lipinski definition) is 7. The normalized spacial score (nSPS) is 11.2. The van der Waals surface area contributed by atoms with Crippen molar-refractivity contribution in [2.75, 3.05) is 41.0 Å². The molecular weight excluding hydrogens is 336 g/mol. The SMILES string of the molecule is CO[Si](CCCNCCN)(OC)OC.O=C([O-])C(F)(F)F.[Na+]. The number of rotatable bonds is 9. The molecule has 0 rings (SSSR count). The molecule has 0 heterocycles. The average molecular weight is 358 g/mol. The number of aliphatic carboxylic acids is 1. The third kappa shape index (κ3) is 13.9. The quantitative estimate of drug-likeness (QED) is 0.321. The summed E-state index contributed by atoms with van der Waals surface area (Å²) in [5.41, 5.74) is 5.35. The Balaban J connectivity index is -0.000000385. The van der Waals surface area contributed by atoms with E-state index >= 15 is 0 Å². The summed E-state index contributed by atoms with van der Waals surface area (Å²) >= 11 is 0. The van der Waals surface area contributed by atoms with Gasteiger partial charge < -0.3 is 34.2 Å². The summed E-state index contributed by atoms with van der Waals surface area (Å²) in [6.45, 7) is 2.44. The van der Waals surface area contributed by atoms with Gasteiger partial charge in [0.15, 0.2) is 0 Å². The minimum Gasteiger partial charge on any atom is -0.542 e. The molecule has 7 nitrogen and oxygen atoms in total. The maximum absolute atomic E-state index is 10.5. The van der Waals surface area contributed by atoms with Crippen molar-refractivity contribution in [3.63, 3.8) is 0 Å². The molecule has 0 amide bonds. The van der Waals surface area contributed by atoms with E-state index in [-0.39, 0.29) is 29.6 Å². The minimum absolute atomic E-state index is 0. The van der Waals surface area contributed by atoms with Crippen LogP contribution >= 0.6 is 0 Å². The second-order valence-corrected chi connectivity index (χ2v) is 6.81. The van der Waals surface area contributed by atoms with Crippen LogP contribution in [0, 0.1) is 0 Å². The number of carboxylic acids is 1. The summed E-state index contributed by atoms with van der Waals surface area (Å²) in [5.74, 6) is -3.01. The topological polar surface area (TPSA) is 106 Å². The molecule has 0 radical (unpaired) electrons. The van der Waals surface area contributed by atoms with Crippen molar-refractivity contribution in [2.45, 2.75) is 18.6 Å². The van der Waals surface area contributed by atoms with E-state index in [1.54, 1.807) is 21.3 Å². The monoisotopic (exact) mass is 358 g/mol. The van der Waals surface area contributed by atoms with Gasteiger partial charge in [0.2, 0.25) is 0 Å². The summed E-state index contributed by atoms with van der Waals surface area (Å²) in [5, 5.41) is 12.0. The van der Waals surface area contributed by atoms with Crippen LogP contribution in [0.1, 0.15) is 6.42 Å². The second kappa shape index (κ2) is 14.8. The number of carbonyl (C=O) groups is 1. The van der Waals surface area contributed by atoms with Gasteiger partial charge in [-0.1, -0.05) is 0 Å². The van der Waals surface area contributed by atoms with E-state index in [4.69, 9.17) is 28.9 Å². The number of alkyl halides is 3. The molecule has 0 aromatic rings. The Morgan fingerprint density at radius 3 is 1.86 bits per heavy atom. The van der Waals surface area contributed by atoms with Gasteiger partial charge in [-0.15, -0.1) is 0 Å². The zero-order chi connectivity index (χ0) is 16.9. The summed E-state index contributed by atoms with van der Waals surface area (Å²) in [6.07, 6.45) is -4.22. The zero-order valence-electron chi connectivity index (χ0n) is 13.3. The summed E-state index contributed by atoms with van der Waals surface area (Å²) < 4.78 is 47.4. The molecule has 0 aliphatic rings. The van der Waals surface area contributed by atoms with Crippen molar-refractivity contribution in [1.82, 2.24) is 5.32 Å². The fourth-order valence-corrected chi connectivity index (χ4v) is 2.94. The van der Waals surface area contributed by atoms with E-state index in [0.717, 1.165) is 25.6 Å².